The largest absolute Gasteiger partial charge is 0.494 e. The molecule has 35 heavy (non-hydrogen) atoms. The Labute approximate surface area is 202 Å². The van der Waals surface area contributed by atoms with Gasteiger partial charge in [-0.3, -0.25) is 19.9 Å². The highest BCUT2D eigenvalue weighted by molar-refractivity contribution is 5.82. The normalized spacial score (nSPS) is 11.3. The van der Waals surface area contributed by atoms with Gasteiger partial charge >= 0.3 is 0 Å². The van der Waals surface area contributed by atoms with E-state index in [1.54, 1.807) is 37.8 Å². The van der Waals surface area contributed by atoms with Crippen molar-refractivity contribution in [2.75, 3.05) is 12.4 Å². The van der Waals surface area contributed by atoms with E-state index in [1.807, 2.05) is 38.1 Å². The van der Waals surface area contributed by atoms with Gasteiger partial charge in [0, 0.05) is 42.1 Å². The highest BCUT2D eigenvalue weighted by Gasteiger charge is 2.16. The van der Waals surface area contributed by atoms with Gasteiger partial charge < -0.3 is 10.1 Å². The van der Waals surface area contributed by atoms with Crippen molar-refractivity contribution >= 4 is 24.3 Å². The third-order valence-electron chi connectivity index (χ3n) is 5.30. The van der Waals surface area contributed by atoms with E-state index >= 15 is 4.39 Å². The van der Waals surface area contributed by atoms with E-state index in [0.29, 0.717) is 11.4 Å². The summed E-state index contributed by atoms with van der Waals surface area (Å²) < 4.78 is 20.9. The van der Waals surface area contributed by atoms with Gasteiger partial charge in [-0.2, -0.15) is 0 Å². The SMILES string of the molecule is C=N/C(=C\c1cccnc1C)c1ncnc(NCc2cnc(-c3ccnc(C)c3)c(OC)c2)c1F. The number of ether oxygens (including phenoxy) is 1. The van der Waals surface area contributed by atoms with Crippen LogP contribution in [0, 0.1) is 19.7 Å². The molecule has 176 valence electrons. The Hall–Kier alpha value is -4.53. The minimum absolute atomic E-state index is 0.0415. The number of nitrogens with zero attached hydrogens (tertiary/aromatic N) is 6. The summed E-state index contributed by atoms with van der Waals surface area (Å²) in [5.74, 6) is 0.0171. The molecule has 9 heteroatoms. The summed E-state index contributed by atoms with van der Waals surface area (Å²) in [4.78, 5) is 25.1. The third-order valence-corrected chi connectivity index (χ3v) is 5.30. The third kappa shape index (κ3) is 5.35. The van der Waals surface area contributed by atoms with Gasteiger partial charge in [-0.15, -0.1) is 0 Å². The number of nitrogens with one attached hydrogen (secondary N) is 1. The quantitative estimate of drug-likeness (QED) is 0.366. The molecule has 0 aliphatic rings. The average Bonchev–Trinajstić information content (AvgIpc) is 2.87. The number of hydrogen-bond donors (Lipinski definition) is 1. The molecule has 4 aromatic heterocycles. The number of pyridine rings is 3. The summed E-state index contributed by atoms with van der Waals surface area (Å²) in [6.45, 7) is 7.62. The van der Waals surface area contributed by atoms with E-state index in [0.717, 1.165) is 28.1 Å². The lowest BCUT2D eigenvalue weighted by molar-refractivity contribution is 0.414. The second kappa shape index (κ2) is 10.6. The second-order valence-electron chi connectivity index (χ2n) is 7.68. The number of hydrogen-bond acceptors (Lipinski definition) is 8. The molecule has 4 rings (SSSR count). The molecule has 0 unspecified atom stereocenters. The van der Waals surface area contributed by atoms with Crippen LogP contribution in [-0.2, 0) is 6.54 Å². The highest BCUT2D eigenvalue weighted by Crippen LogP contribution is 2.29. The highest BCUT2D eigenvalue weighted by atomic mass is 19.1. The first kappa shape index (κ1) is 23.6. The molecule has 0 saturated heterocycles. The Kier molecular flexibility index (Phi) is 7.15. The number of anilines is 1. The van der Waals surface area contributed by atoms with E-state index in [2.05, 4.69) is 41.9 Å². The van der Waals surface area contributed by atoms with Crippen LogP contribution in [-0.4, -0.2) is 38.7 Å². The van der Waals surface area contributed by atoms with Gasteiger partial charge in [0.1, 0.15) is 23.5 Å². The molecule has 0 spiro atoms. The first-order valence-electron chi connectivity index (χ1n) is 10.8. The van der Waals surface area contributed by atoms with Crippen LogP contribution in [0.1, 0.15) is 28.2 Å². The van der Waals surface area contributed by atoms with Crippen molar-refractivity contribution in [1.82, 2.24) is 24.9 Å². The number of aromatic nitrogens is 5. The molecule has 1 N–H and O–H groups in total. The van der Waals surface area contributed by atoms with Gasteiger partial charge in [0.25, 0.3) is 0 Å². The van der Waals surface area contributed by atoms with E-state index in [1.165, 1.54) is 6.33 Å². The molecule has 0 atom stereocenters. The fourth-order valence-corrected chi connectivity index (χ4v) is 3.49. The van der Waals surface area contributed by atoms with Crippen molar-refractivity contribution in [2.24, 2.45) is 4.99 Å². The molecular formula is C26H24FN7O. The van der Waals surface area contributed by atoms with Gasteiger partial charge in [-0.05, 0) is 62.0 Å². The first-order valence-corrected chi connectivity index (χ1v) is 10.8. The number of halogens is 1. The zero-order chi connectivity index (χ0) is 24.8. The maximum absolute atomic E-state index is 15.3. The molecule has 0 fully saturated rings. The van der Waals surface area contributed by atoms with Gasteiger partial charge in [-0.25, -0.2) is 14.4 Å². The molecule has 0 aliphatic heterocycles. The van der Waals surface area contributed by atoms with Crippen molar-refractivity contribution in [3.8, 4) is 17.0 Å². The molecule has 4 heterocycles. The summed E-state index contributed by atoms with van der Waals surface area (Å²) in [5, 5.41) is 3.01. The van der Waals surface area contributed by atoms with E-state index in [-0.39, 0.29) is 23.8 Å². The second-order valence-corrected chi connectivity index (χ2v) is 7.68. The molecule has 0 aliphatic carbocycles. The van der Waals surface area contributed by atoms with Crippen LogP contribution < -0.4 is 10.1 Å². The number of methoxy groups -OCH3 is 1. The lowest BCUT2D eigenvalue weighted by Gasteiger charge is -2.12. The topological polar surface area (TPSA) is 98.1 Å². The van der Waals surface area contributed by atoms with Gasteiger partial charge in [0.2, 0.25) is 0 Å². The van der Waals surface area contributed by atoms with Crippen LogP contribution in [0.15, 0.2) is 60.2 Å². The summed E-state index contributed by atoms with van der Waals surface area (Å²) >= 11 is 0. The number of rotatable bonds is 8. The Bertz CT molecular complexity index is 1400. The van der Waals surface area contributed by atoms with Crippen molar-refractivity contribution in [2.45, 2.75) is 20.4 Å². The smallest absolute Gasteiger partial charge is 0.193 e. The Morgan fingerprint density at radius 3 is 2.71 bits per heavy atom. The van der Waals surface area contributed by atoms with Crippen LogP contribution in [0.2, 0.25) is 0 Å². The van der Waals surface area contributed by atoms with Crippen molar-refractivity contribution in [1.29, 1.82) is 0 Å². The first-order chi connectivity index (χ1) is 17.0. The molecule has 8 nitrogen and oxygen atoms in total. The average molecular weight is 470 g/mol. The lowest BCUT2D eigenvalue weighted by atomic mass is 10.1. The monoisotopic (exact) mass is 469 g/mol. The van der Waals surface area contributed by atoms with Crippen molar-refractivity contribution in [3.63, 3.8) is 0 Å². The molecule has 0 aromatic carbocycles. The summed E-state index contributed by atoms with van der Waals surface area (Å²) in [7, 11) is 1.59. The molecular weight excluding hydrogens is 445 g/mol. The molecule has 4 aromatic rings. The van der Waals surface area contributed by atoms with Crippen LogP contribution in [0.5, 0.6) is 5.75 Å². The van der Waals surface area contributed by atoms with Crippen LogP contribution >= 0.6 is 0 Å². The minimum Gasteiger partial charge on any atom is -0.494 e. The summed E-state index contributed by atoms with van der Waals surface area (Å²) in [6, 6.07) is 9.33. The van der Waals surface area contributed by atoms with Gasteiger partial charge in [-0.1, -0.05) is 6.07 Å². The van der Waals surface area contributed by atoms with E-state index in [4.69, 9.17) is 4.74 Å². The fraction of sp³-hybridized carbons (Fsp3) is 0.154. The predicted molar refractivity (Wildman–Crippen MR) is 134 cm³/mol. The predicted octanol–water partition coefficient (Wildman–Crippen LogP) is 4.90. The Balaban J connectivity index is 1.57. The zero-order valence-electron chi connectivity index (χ0n) is 19.7. The van der Waals surface area contributed by atoms with Gasteiger partial charge in [0.05, 0.1) is 12.8 Å². The fourth-order valence-electron chi connectivity index (χ4n) is 3.49. The Morgan fingerprint density at radius 2 is 1.97 bits per heavy atom. The number of aryl methyl sites for hydroxylation is 2. The molecule has 0 saturated carbocycles. The van der Waals surface area contributed by atoms with Crippen molar-refractivity contribution < 1.29 is 9.13 Å². The maximum Gasteiger partial charge on any atom is 0.193 e. The molecule has 0 amide bonds. The summed E-state index contributed by atoms with van der Waals surface area (Å²) in [5.41, 5.74) is 5.19. The summed E-state index contributed by atoms with van der Waals surface area (Å²) in [6.07, 6.45) is 8.10. The zero-order valence-corrected chi connectivity index (χ0v) is 19.7. The van der Waals surface area contributed by atoms with Crippen LogP contribution in [0.25, 0.3) is 23.0 Å². The van der Waals surface area contributed by atoms with Crippen LogP contribution in [0.3, 0.4) is 0 Å². The maximum atomic E-state index is 15.3. The van der Waals surface area contributed by atoms with E-state index in [9.17, 15) is 0 Å². The standard InChI is InChI=1S/C26H24FN7O/c1-16-10-20(7-9-29-16)24-22(35-4)11-18(13-31-24)14-32-26-23(27)25(33-15-34-26)21(28-3)12-19-6-5-8-30-17(19)2/h5-13,15H,3,14H2,1-2,4H3,(H,32,33,34)/b21-12-. The van der Waals surface area contributed by atoms with E-state index < -0.39 is 5.82 Å². The number of aliphatic imine (C=N–C) groups is 1. The van der Waals surface area contributed by atoms with Crippen LogP contribution in [0.4, 0.5) is 10.2 Å². The lowest BCUT2D eigenvalue weighted by Crippen LogP contribution is -2.07. The Morgan fingerprint density at radius 1 is 1.11 bits per heavy atom. The molecule has 0 bridgehead atoms. The van der Waals surface area contributed by atoms with Gasteiger partial charge in [0.15, 0.2) is 11.6 Å². The minimum atomic E-state index is -0.628. The molecule has 0 radical (unpaired) electrons. The van der Waals surface area contributed by atoms with Crippen molar-refractivity contribution in [3.05, 3.63) is 89.3 Å².